The van der Waals surface area contributed by atoms with E-state index in [1.165, 1.54) is 28.2 Å². The van der Waals surface area contributed by atoms with Crippen molar-refractivity contribution in [3.05, 3.63) is 35.9 Å². The van der Waals surface area contributed by atoms with Gasteiger partial charge in [0.15, 0.2) is 5.82 Å². The zero-order valence-electron chi connectivity index (χ0n) is 11.5. The Kier molecular flexibility index (Phi) is 3.42. The van der Waals surface area contributed by atoms with E-state index < -0.39 is 5.97 Å². The lowest BCUT2D eigenvalue weighted by Crippen LogP contribution is -2.07. The van der Waals surface area contributed by atoms with Gasteiger partial charge in [-0.25, -0.2) is 18.9 Å². The second-order valence-electron chi connectivity index (χ2n) is 4.40. The lowest BCUT2D eigenvalue weighted by molar-refractivity contribution is 0.0512. The maximum atomic E-state index is 13.2. The van der Waals surface area contributed by atoms with Crippen LogP contribution in [0.15, 0.2) is 24.3 Å². The van der Waals surface area contributed by atoms with Gasteiger partial charge in [0, 0.05) is 11.7 Å². The van der Waals surface area contributed by atoms with E-state index in [1.54, 1.807) is 20.0 Å². The molecule has 0 N–H and O–H groups in total. The predicted molar refractivity (Wildman–Crippen MR) is 77.7 cm³/mol. The summed E-state index contributed by atoms with van der Waals surface area (Å²) >= 11 is 1.40. The zero-order chi connectivity index (χ0) is 15.0. The molecular formula is C14H12FN3O2S. The minimum Gasteiger partial charge on any atom is -0.460 e. The average Bonchev–Trinajstić information content (AvgIpc) is 3.01. The van der Waals surface area contributed by atoms with Gasteiger partial charge in [-0.1, -0.05) is 6.07 Å². The third kappa shape index (κ3) is 2.52. The number of aryl methyl sites for hydroxylation is 1. The highest BCUT2D eigenvalue weighted by molar-refractivity contribution is 7.22. The van der Waals surface area contributed by atoms with E-state index in [9.17, 15) is 9.18 Å². The molecule has 21 heavy (non-hydrogen) atoms. The van der Waals surface area contributed by atoms with E-state index in [2.05, 4.69) is 10.1 Å². The van der Waals surface area contributed by atoms with Gasteiger partial charge in [0.05, 0.1) is 11.5 Å². The van der Waals surface area contributed by atoms with Crippen molar-refractivity contribution < 1.29 is 13.9 Å². The molecule has 0 aliphatic carbocycles. The molecule has 0 fully saturated rings. The van der Waals surface area contributed by atoms with Crippen LogP contribution in [0.5, 0.6) is 0 Å². The summed E-state index contributed by atoms with van der Waals surface area (Å²) in [7, 11) is 1.70. The molecule has 0 aliphatic heterocycles. The Bertz CT molecular complexity index is 825. The van der Waals surface area contributed by atoms with Gasteiger partial charge in [-0.15, -0.1) is 16.4 Å². The molecule has 0 unspecified atom stereocenters. The van der Waals surface area contributed by atoms with Crippen molar-refractivity contribution >= 4 is 27.4 Å². The van der Waals surface area contributed by atoms with E-state index in [4.69, 9.17) is 4.74 Å². The van der Waals surface area contributed by atoms with Crippen LogP contribution in [0.3, 0.4) is 0 Å². The molecule has 0 saturated heterocycles. The number of ether oxygens (including phenoxy) is 1. The van der Waals surface area contributed by atoms with Gasteiger partial charge in [0.25, 0.3) is 5.82 Å². The Hall–Kier alpha value is -2.28. The summed E-state index contributed by atoms with van der Waals surface area (Å²) in [5.74, 6) is -0.245. The number of carbonyl (C=O) groups excluding carboxylic acids is 1. The molecule has 0 radical (unpaired) electrons. The molecule has 1 aromatic carbocycles. The molecule has 0 amide bonds. The number of halogens is 1. The van der Waals surface area contributed by atoms with Crippen LogP contribution in [0.25, 0.3) is 20.8 Å². The lowest BCUT2D eigenvalue weighted by Gasteiger charge is -1.94. The van der Waals surface area contributed by atoms with Crippen molar-refractivity contribution in [3.8, 4) is 10.7 Å². The standard InChI is InChI=1S/C14H12FN3O2S/c1-3-20-14(19)12-16-13(18(2)17-12)11-6-8-4-5-9(15)7-10(8)21-11/h4-7H,3H2,1-2H3. The Morgan fingerprint density at radius 2 is 2.24 bits per heavy atom. The molecule has 0 saturated carbocycles. The first kappa shape index (κ1) is 13.7. The Morgan fingerprint density at radius 3 is 3.00 bits per heavy atom. The monoisotopic (exact) mass is 305 g/mol. The van der Waals surface area contributed by atoms with Crippen molar-refractivity contribution in [3.63, 3.8) is 0 Å². The number of rotatable bonds is 3. The summed E-state index contributed by atoms with van der Waals surface area (Å²) in [6.07, 6.45) is 0. The number of nitrogens with zero attached hydrogens (tertiary/aromatic N) is 3. The maximum absolute atomic E-state index is 13.2. The van der Waals surface area contributed by atoms with E-state index >= 15 is 0 Å². The molecule has 2 heterocycles. The Balaban J connectivity index is 2.04. The molecule has 3 aromatic rings. The van der Waals surface area contributed by atoms with Crippen LogP contribution in [-0.2, 0) is 11.8 Å². The highest BCUT2D eigenvalue weighted by atomic mass is 32.1. The third-order valence-electron chi connectivity index (χ3n) is 2.92. The topological polar surface area (TPSA) is 57.0 Å². The summed E-state index contributed by atoms with van der Waals surface area (Å²) in [5.41, 5.74) is 0. The molecule has 2 aromatic heterocycles. The highest BCUT2D eigenvalue weighted by Gasteiger charge is 2.18. The fourth-order valence-corrected chi connectivity index (χ4v) is 3.10. The third-order valence-corrected chi connectivity index (χ3v) is 4.02. The summed E-state index contributed by atoms with van der Waals surface area (Å²) in [6, 6.07) is 6.51. The quantitative estimate of drug-likeness (QED) is 0.698. The zero-order valence-corrected chi connectivity index (χ0v) is 12.3. The number of thiophene rings is 1. The summed E-state index contributed by atoms with van der Waals surface area (Å²) < 4.78 is 20.5. The first-order chi connectivity index (χ1) is 10.1. The van der Waals surface area contributed by atoms with Crippen molar-refractivity contribution in [1.29, 1.82) is 0 Å². The SMILES string of the molecule is CCOC(=O)c1nc(-c2cc3ccc(F)cc3s2)n(C)n1. The summed E-state index contributed by atoms with van der Waals surface area (Å²) in [4.78, 5) is 16.7. The molecule has 5 nitrogen and oxygen atoms in total. The highest BCUT2D eigenvalue weighted by Crippen LogP contribution is 2.32. The molecule has 0 spiro atoms. The normalized spacial score (nSPS) is 11.0. The molecule has 108 valence electrons. The van der Waals surface area contributed by atoms with Gasteiger partial charge in [0.2, 0.25) is 0 Å². The fraction of sp³-hybridized carbons (Fsp3) is 0.214. The maximum Gasteiger partial charge on any atom is 0.378 e. The van der Waals surface area contributed by atoms with Crippen LogP contribution in [0.4, 0.5) is 4.39 Å². The van der Waals surface area contributed by atoms with Gasteiger partial charge in [-0.05, 0) is 30.5 Å². The number of benzene rings is 1. The first-order valence-corrected chi connectivity index (χ1v) is 7.17. The van der Waals surface area contributed by atoms with Gasteiger partial charge in [-0.3, -0.25) is 0 Å². The van der Waals surface area contributed by atoms with Crippen LogP contribution in [0.1, 0.15) is 17.5 Å². The minimum atomic E-state index is -0.550. The second-order valence-corrected chi connectivity index (χ2v) is 5.48. The number of carbonyl (C=O) groups is 1. The first-order valence-electron chi connectivity index (χ1n) is 6.36. The molecule has 0 aliphatic rings. The average molecular weight is 305 g/mol. The van der Waals surface area contributed by atoms with Gasteiger partial charge >= 0.3 is 5.97 Å². The van der Waals surface area contributed by atoms with E-state index in [1.807, 2.05) is 6.07 Å². The van der Waals surface area contributed by atoms with Gasteiger partial charge in [0.1, 0.15) is 5.82 Å². The minimum absolute atomic E-state index is 0.0259. The van der Waals surface area contributed by atoms with Crippen LogP contribution >= 0.6 is 11.3 Å². The number of fused-ring (bicyclic) bond motifs is 1. The smallest absolute Gasteiger partial charge is 0.378 e. The number of hydrogen-bond acceptors (Lipinski definition) is 5. The predicted octanol–water partition coefficient (Wildman–Crippen LogP) is 3.01. The van der Waals surface area contributed by atoms with Crippen molar-refractivity contribution in [1.82, 2.24) is 14.8 Å². The van der Waals surface area contributed by atoms with Crippen LogP contribution in [0.2, 0.25) is 0 Å². The van der Waals surface area contributed by atoms with Crippen molar-refractivity contribution in [2.75, 3.05) is 6.61 Å². The largest absolute Gasteiger partial charge is 0.460 e. The molecular weight excluding hydrogens is 293 g/mol. The Labute approximate surface area is 124 Å². The van der Waals surface area contributed by atoms with Crippen LogP contribution in [-0.4, -0.2) is 27.3 Å². The number of esters is 1. The van der Waals surface area contributed by atoms with E-state index in [-0.39, 0.29) is 18.2 Å². The van der Waals surface area contributed by atoms with Crippen LogP contribution < -0.4 is 0 Å². The number of hydrogen-bond donors (Lipinski definition) is 0. The Morgan fingerprint density at radius 1 is 1.43 bits per heavy atom. The summed E-state index contributed by atoms with van der Waals surface area (Å²) in [6.45, 7) is 2.00. The van der Waals surface area contributed by atoms with Crippen LogP contribution in [0, 0.1) is 5.82 Å². The van der Waals surface area contributed by atoms with Crippen molar-refractivity contribution in [2.24, 2.45) is 7.05 Å². The van der Waals surface area contributed by atoms with Gasteiger partial charge in [-0.2, -0.15) is 0 Å². The molecule has 3 rings (SSSR count). The van der Waals surface area contributed by atoms with E-state index in [0.29, 0.717) is 5.82 Å². The summed E-state index contributed by atoms with van der Waals surface area (Å²) in [5, 5.41) is 4.98. The number of aromatic nitrogens is 3. The molecule has 0 bridgehead atoms. The van der Waals surface area contributed by atoms with Gasteiger partial charge < -0.3 is 4.74 Å². The molecule has 7 heteroatoms. The van der Waals surface area contributed by atoms with Crippen molar-refractivity contribution in [2.45, 2.75) is 6.92 Å². The molecule has 0 atom stereocenters. The fourth-order valence-electron chi connectivity index (χ4n) is 2.00. The lowest BCUT2D eigenvalue weighted by atomic mass is 10.2. The second kappa shape index (κ2) is 5.25. The van der Waals surface area contributed by atoms with E-state index in [0.717, 1.165) is 15.0 Å².